The summed E-state index contributed by atoms with van der Waals surface area (Å²) >= 11 is 5.98. The molecule has 0 spiro atoms. The van der Waals surface area contributed by atoms with Gasteiger partial charge < -0.3 is 15.3 Å². The third kappa shape index (κ3) is 4.23. The number of halogens is 3. The smallest absolute Gasteiger partial charge is 0.405 e. The quantitative estimate of drug-likeness (QED) is 0.747. The number of anilines is 1. The molecule has 27 heavy (non-hydrogen) atoms. The highest BCUT2D eigenvalue weighted by Crippen LogP contribution is 2.41. The van der Waals surface area contributed by atoms with E-state index in [4.69, 9.17) is 11.6 Å². The molecule has 0 aliphatic heterocycles. The van der Waals surface area contributed by atoms with Gasteiger partial charge in [0.2, 0.25) is 5.92 Å². The highest BCUT2D eigenvalue weighted by molar-refractivity contribution is 6.17. The first-order valence-electron chi connectivity index (χ1n) is 8.70. The van der Waals surface area contributed by atoms with E-state index in [1.807, 2.05) is 25.1 Å². The lowest BCUT2D eigenvalue weighted by molar-refractivity contribution is -0.0495. The number of carboxylic acid groups (broad SMARTS) is 1. The number of aromatic nitrogens is 3. The molecule has 1 aliphatic carbocycles. The van der Waals surface area contributed by atoms with Crippen LogP contribution in [0.1, 0.15) is 43.1 Å². The number of carbonyl (C=O) groups is 1. The second-order valence-corrected chi connectivity index (χ2v) is 7.36. The molecule has 1 aliphatic rings. The van der Waals surface area contributed by atoms with Crippen molar-refractivity contribution in [3.63, 3.8) is 0 Å². The zero-order valence-electron chi connectivity index (χ0n) is 15.1. The number of hydrogen-bond acceptors (Lipinski definition) is 4. The molecule has 1 amide bonds. The normalized spacial score (nSPS) is 18.4. The fourth-order valence-corrected chi connectivity index (χ4v) is 3.75. The molecule has 3 rings (SSSR count). The molecule has 2 N–H and O–H groups in total. The molecule has 0 radical (unpaired) electrons. The molecule has 0 saturated heterocycles. The molecule has 148 valence electrons. The summed E-state index contributed by atoms with van der Waals surface area (Å²) in [5.41, 5.74) is 2.49. The van der Waals surface area contributed by atoms with E-state index in [1.165, 1.54) is 0 Å². The van der Waals surface area contributed by atoms with Crippen molar-refractivity contribution in [3.05, 3.63) is 23.7 Å². The molecular formula is C17H22ClF2N5O2. The minimum Gasteiger partial charge on any atom is -0.465 e. The Morgan fingerprint density at radius 2 is 2.15 bits per heavy atom. The Labute approximate surface area is 160 Å². The average molecular weight is 402 g/mol. The third-order valence-corrected chi connectivity index (χ3v) is 5.22. The van der Waals surface area contributed by atoms with Crippen LogP contribution in [-0.4, -0.2) is 45.8 Å². The van der Waals surface area contributed by atoms with Gasteiger partial charge in [-0.25, -0.2) is 23.1 Å². The van der Waals surface area contributed by atoms with Crippen LogP contribution in [0.3, 0.4) is 0 Å². The van der Waals surface area contributed by atoms with E-state index in [9.17, 15) is 18.7 Å². The van der Waals surface area contributed by atoms with Crippen LogP contribution in [0.2, 0.25) is 0 Å². The van der Waals surface area contributed by atoms with Gasteiger partial charge in [-0.3, -0.25) is 0 Å². The molecule has 0 bridgehead atoms. The molecule has 1 unspecified atom stereocenters. The summed E-state index contributed by atoms with van der Waals surface area (Å²) in [7, 11) is 3.73. The molecule has 0 aromatic carbocycles. The van der Waals surface area contributed by atoms with Crippen LogP contribution in [0.5, 0.6) is 0 Å². The average Bonchev–Trinajstić information content (AvgIpc) is 3.01. The van der Waals surface area contributed by atoms with Crippen molar-refractivity contribution in [2.45, 2.75) is 43.5 Å². The predicted molar refractivity (Wildman–Crippen MR) is 97.7 cm³/mol. The summed E-state index contributed by atoms with van der Waals surface area (Å²) in [5.74, 6) is -2.71. The zero-order valence-corrected chi connectivity index (χ0v) is 15.9. The van der Waals surface area contributed by atoms with Crippen LogP contribution in [0, 0.1) is 5.92 Å². The minimum atomic E-state index is -2.68. The van der Waals surface area contributed by atoms with E-state index in [1.54, 1.807) is 10.7 Å². The van der Waals surface area contributed by atoms with E-state index >= 15 is 0 Å². The van der Waals surface area contributed by atoms with Crippen molar-refractivity contribution in [2.24, 2.45) is 5.92 Å². The zero-order chi connectivity index (χ0) is 19.8. The summed E-state index contributed by atoms with van der Waals surface area (Å²) in [6.07, 6.45) is 0.394. The Bertz CT molecular complexity index is 832. The van der Waals surface area contributed by atoms with Crippen LogP contribution in [-0.2, 0) is 5.88 Å². The number of alkyl halides is 3. The summed E-state index contributed by atoms with van der Waals surface area (Å²) in [5, 5.41) is 16.1. The number of fused-ring (bicyclic) bond motifs is 1. The Hall–Kier alpha value is -2.16. The Kier molecular flexibility index (Phi) is 5.41. The molecule has 2 aromatic rings. The Balaban J connectivity index is 1.96. The SMILES string of the molecule is CN(C)c1cc2nc(C(NC(=O)O)C3CCC(F)(F)CC3)cn2nc1CCl. The Morgan fingerprint density at radius 3 is 2.70 bits per heavy atom. The van der Waals surface area contributed by atoms with Gasteiger partial charge in [-0.1, -0.05) is 0 Å². The molecule has 1 saturated carbocycles. The first-order valence-corrected chi connectivity index (χ1v) is 9.23. The van der Waals surface area contributed by atoms with Crippen LogP contribution in [0.25, 0.3) is 5.65 Å². The number of nitrogens with zero attached hydrogens (tertiary/aromatic N) is 4. The summed E-state index contributed by atoms with van der Waals surface area (Å²) in [6, 6.07) is 1.16. The number of nitrogens with one attached hydrogen (secondary N) is 1. The number of rotatable bonds is 5. The van der Waals surface area contributed by atoms with E-state index in [-0.39, 0.29) is 37.5 Å². The molecule has 2 heterocycles. The predicted octanol–water partition coefficient (Wildman–Crippen LogP) is 3.67. The van der Waals surface area contributed by atoms with E-state index in [0.29, 0.717) is 17.0 Å². The summed E-state index contributed by atoms with van der Waals surface area (Å²) in [6.45, 7) is 0. The minimum absolute atomic E-state index is 0.214. The van der Waals surface area contributed by atoms with Crippen molar-refractivity contribution in [3.8, 4) is 0 Å². The van der Waals surface area contributed by atoms with Gasteiger partial charge in [-0.05, 0) is 18.8 Å². The largest absolute Gasteiger partial charge is 0.465 e. The van der Waals surface area contributed by atoms with E-state index < -0.39 is 18.1 Å². The van der Waals surface area contributed by atoms with Gasteiger partial charge in [-0.2, -0.15) is 5.10 Å². The lowest BCUT2D eigenvalue weighted by Gasteiger charge is -2.32. The van der Waals surface area contributed by atoms with Gasteiger partial charge in [0.25, 0.3) is 0 Å². The van der Waals surface area contributed by atoms with Crippen molar-refractivity contribution in [1.29, 1.82) is 0 Å². The summed E-state index contributed by atoms with van der Waals surface area (Å²) in [4.78, 5) is 17.7. The maximum Gasteiger partial charge on any atom is 0.405 e. The van der Waals surface area contributed by atoms with Gasteiger partial charge in [0.1, 0.15) is 0 Å². The van der Waals surface area contributed by atoms with Crippen molar-refractivity contribution >= 4 is 29.0 Å². The molecule has 1 fully saturated rings. The fourth-order valence-electron chi connectivity index (χ4n) is 3.56. The fraction of sp³-hybridized carbons (Fsp3) is 0.588. The second kappa shape index (κ2) is 7.46. The number of hydrogen-bond donors (Lipinski definition) is 2. The van der Waals surface area contributed by atoms with Crippen LogP contribution in [0.15, 0.2) is 12.3 Å². The van der Waals surface area contributed by atoms with E-state index in [0.717, 1.165) is 5.69 Å². The molecule has 10 heteroatoms. The number of imidazole rings is 1. The standard InChI is InChI=1S/C17H22ClF2N5O2/c1-24(2)13-7-14-21-12(9-25(14)23-11(13)8-18)15(22-16(26)27)10-3-5-17(19,20)6-4-10/h7,9-10,15,22H,3-6,8H2,1-2H3,(H,26,27). The van der Waals surface area contributed by atoms with Crippen LogP contribution >= 0.6 is 11.6 Å². The van der Waals surface area contributed by atoms with Gasteiger partial charge in [0, 0.05) is 33.0 Å². The van der Waals surface area contributed by atoms with E-state index in [2.05, 4.69) is 15.4 Å². The molecule has 2 aromatic heterocycles. The van der Waals surface area contributed by atoms with Gasteiger partial charge in [0.05, 0.1) is 35.2 Å². The van der Waals surface area contributed by atoms with Crippen molar-refractivity contribution in [2.75, 3.05) is 19.0 Å². The highest BCUT2D eigenvalue weighted by atomic mass is 35.5. The maximum absolute atomic E-state index is 13.5. The van der Waals surface area contributed by atoms with Crippen molar-refractivity contribution in [1.82, 2.24) is 19.9 Å². The maximum atomic E-state index is 13.5. The lowest BCUT2D eigenvalue weighted by atomic mass is 9.81. The van der Waals surface area contributed by atoms with Crippen LogP contribution in [0.4, 0.5) is 19.3 Å². The summed E-state index contributed by atoms with van der Waals surface area (Å²) < 4.78 is 28.5. The van der Waals surface area contributed by atoms with Gasteiger partial charge in [0.15, 0.2) is 5.65 Å². The monoisotopic (exact) mass is 401 g/mol. The highest BCUT2D eigenvalue weighted by Gasteiger charge is 2.39. The first kappa shape index (κ1) is 19.6. The molecular weight excluding hydrogens is 380 g/mol. The van der Waals surface area contributed by atoms with Gasteiger partial charge >= 0.3 is 6.09 Å². The van der Waals surface area contributed by atoms with Gasteiger partial charge in [-0.15, -0.1) is 11.6 Å². The van der Waals surface area contributed by atoms with Crippen molar-refractivity contribution < 1.29 is 18.7 Å². The molecule has 1 atom stereocenters. The first-order chi connectivity index (χ1) is 12.7. The Morgan fingerprint density at radius 1 is 1.48 bits per heavy atom. The lowest BCUT2D eigenvalue weighted by Crippen LogP contribution is -2.36. The second-order valence-electron chi connectivity index (χ2n) is 7.09. The van der Waals surface area contributed by atoms with Crippen LogP contribution < -0.4 is 10.2 Å². The number of amides is 1. The molecule has 7 nitrogen and oxygen atoms in total. The topological polar surface area (TPSA) is 82.8 Å². The third-order valence-electron chi connectivity index (χ3n) is 4.96.